The van der Waals surface area contributed by atoms with Gasteiger partial charge in [-0.2, -0.15) is 13.2 Å². The van der Waals surface area contributed by atoms with Crippen LogP contribution in [0.25, 0.3) is 0 Å². The number of nitrogens with zero attached hydrogens (tertiary/aromatic N) is 4. The molecule has 0 atom stereocenters. The Bertz CT molecular complexity index is 940. The standard InChI is InChI=1S/C21H28F3N5O3S/c1-13-27-28-19(32-13)10-18(30)25-15-4-2-14(3-5-15)6-8-29-9-7-17-16(11-29)26-20(33-17)31-12-21(22,23)24/h14-15H,2-12H2,1H3,(H,25,30)/t14-,15-. The zero-order chi connectivity index (χ0) is 23.4. The van der Waals surface area contributed by atoms with Crippen molar-refractivity contribution in [3.8, 4) is 5.19 Å². The lowest BCUT2D eigenvalue weighted by Gasteiger charge is -2.31. The van der Waals surface area contributed by atoms with Gasteiger partial charge in [-0.05, 0) is 51.0 Å². The van der Waals surface area contributed by atoms with Crippen molar-refractivity contribution >= 4 is 17.2 Å². The second-order valence-electron chi connectivity index (χ2n) is 8.75. The molecule has 1 aliphatic heterocycles. The van der Waals surface area contributed by atoms with E-state index in [-0.39, 0.29) is 23.6 Å². The van der Waals surface area contributed by atoms with Gasteiger partial charge in [0, 0.05) is 30.9 Å². The Morgan fingerprint density at radius 3 is 2.76 bits per heavy atom. The van der Waals surface area contributed by atoms with Gasteiger partial charge in [0.2, 0.25) is 17.7 Å². The summed E-state index contributed by atoms with van der Waals surface area (Å²) in [5.41, 5.74) is 0.839. The third kappa shape index (κ3) is 7.13. The third-order valence-electron chi connectivity index (χ3n) is 6.09. The summed E-state index contributed by atoms with van der Waals surface area (Å²) in [6.07, 6.45) is 1.65. The van der Waals surface area contributed by atoms with E-state index in [0.29, 0.717) is 24.2 Å². The van der Waals surface area contributed by atoms with Crippen LogP contribution in [0.5, 0.6) is 5.19 Å². The van der Waals surface area contributed by atoms with Gasteiger partial charge in [0.15, 0.2) is 6.61 Å². The number of aromatic nitrogens is 3. The molecule has 182 valence electrons. The van der Waals surface area contributed by atoms with E-state index in [1.807, 2.05) is 0 Å². The molecule has 0 radical (unpaired) electrons. The van der Waals surface area contributed by atoms with Gasteiger partial charge in [-0.25, -0.2) is 4.98 Å². The molecule has 0 aromatic carbocycles. The van der Waals surface area contributed by atoms with Crippen molar-refractivity contribution in [2.45, 2.75) is 70.6 Å². The summed E-state index contributed by atoms with van der Waals surface area (Å²) >= 11 is 1.22. The lowest BCUT2D eigenvalue weighted by molar-refractivity contribution is -0.153. The molecule has 4 rings (SSSR count). The second-order valence-corrected chi connectivity index (χ2v) is 9.79. The minimum Gasteiger partial charge on any atom is -0.460 e. The molecule has 1 fully saturated rings. The van der Waals surface area contributed by atoms with Gasteiger partial charge >= 0.3 is 6.18 Å². The first-order chi connectivity index (χ1) is 15.7. The summed E-state index contributed by atoms with van der Waals surface area (Å²) in [7, 11) is 0. The Balaban J connectivity index is 1.15. The van der Waals surface area contributed by atoms with Crippen molar-refractivity contribution < 1.29 is 27.1 Å². The van der Waals surface area contributed by atoms with E-state index in [1.54, 1.807) is 6.92 Å². The summed E-state index contributed by atoms with van der Waals surface area (Å²) in [6.45, 7) is 2.87. The molecular formula is C21H28F3N5O3S. The lowest BCUT2D eigenvalue weighted by atomic mass is 9.84. The highest BCUT2D eigenvalue weighted by atomic mass is 32.1. The largest absolute Gasteiger partial charge is 0.460 e. The van der Waals surface area contributed by atoms with Crippen LogP contribution in [0.1, 0.15) is 54.5 Å². The number of hydrogen-bond donors (Lipinski definition) is 1. The fourth-order valence-corrected chi connectivity index (χ4v) is 5.32. The monoisotopic (exact) mass is 487 g/mol. The Labute approximate surface area is 193 Å². The van der Waals surface area contributed by atoms with E-state index in [2.05, 4.69) is 25.4 Å². The van der Waals surface area contributed by atoms with Crippen molar-refractivity contribution in [1.29, 1.82) is 0 Å². The molecule has 0 saturated heterocycles. The van der Waals surface area contributed by atoms with Crippen LogP contribution >= 0.6 is 11.3 Å². The first kappa shape index (κ1) is 23.9. The zero-order valence-corrected chi connectivity index (χ0v) is 19.3. The average molecular weight is 488 g/mol. The maximum Gasteiger partial charge on any atom is 0.422 e. The van der Waals surface area contributed by atoms with Crippen LogP contribution in [-0.4, -0.2) is 57.9 Å². The van der Waals surface area contributed by atoms with Gasteiger partial charge in [-0.3, -0.25) is 9.69 Å². The zero-order valence-electron chi connectivity index (χ0n) is 18.5. The quantitative estimate of drug-likeness (QED) is 0.610. The van der Waals surface area contributed by atoms with Gasteiger partial charge < -0.3 is 14.5 Å². The molecule has 2 aromatic rings. The predicted octanol–water partition coefficient (Wildman–Crippen LogP) is 3.44. The molecule has 2 aromatic heterocycles. The molecule has 33 heavy (non-hydrogen) atoms. The molecular weight excluding hydrogens is 459 g/mol. The minimum atomic E-state index is -4.35. The third-order valence-corrected chi connectivity index (χ3v) is 7.16. The molecule has 1 aliphatic carbocycles. The molecule has 1 N–H and O–H groups in total. The summed E-state index contributed by atoms with van der Waals surface area (Å²) in [6, 6.07) is 0.181. The average Bonchev–Trinajstić information content (AvgIpc) is 3.36. The number of hydrogen-bond acceptors (Lipinski definition) is 8. The summed E-state index contributed by atoms with van der Waals surface area (Å²) in [5.74, 6) is 1.31. The Morgan fingerprint density at radius 1 is 1.27 bits per heavy atom. The van der Waals surface area contributed by atoms with E-state index < -0.39 is 12.8 Å². The maximum atomic E-state index is 12.4. The smallest absolute Gasteiger partial charge is 0.422 e. The fraction of sp³-hybridized carbons (Fsp3) is 0.714. The van der Waals surface area contributed by atoms with E-state index in [1.165, 1.54) is 11.3 Å². The van der Waals surface area contributed by atoms with Gasteiger partial charge in [-0.1, -0.05) is 11.3 Å². The number of carbonyl (C=O) groups is 1. The van der Waals surface area contributed by atoms with Gasteiger partial charge in [-0.15, -0.1) is 10.2 Å². The number of nitrogens with one attached hydrogen (secondary N) is 1. The molecule has 2 aliphatic rings. The molecule has 0 spiro atoms. The maximum absolute atomic E-state index is 12.4. The topological polar surface area (TPSA) is 93.4 Å². The van der Waals surface area contributed by atoms with E-state index >= 15 is 0 Å². The van der Waals surface area contributed by atoms with Gasteiger partial charge in [0.25, 0.3) is 5.19 Å². The highest BCUT2D eigenvalue weighted by Gasteiger charge is 2.30. The Hall–Kier alpha value is -2.21. The number of carbonyl (C=O) groups excluding carboxylic acids is 1. The number of aryl methyl sites for hydroxylation is 1. The van der Waals surface area contributed by atoms with Gasteiger partial charge in [0.1, 0.15) is 6.42 Å². The van der Waals surface area contributed by atoms with Crippen LogP contribution in [0.2, 0.25) is 0 Å². The van der Waals surface area contributed by atoms with Crippen LogP contribution in [0.4, 0.5) is 13.2 Å². The van der Waals surface area contributed by atoms with Gasteiger partial charge in [0.05, 0.1) is 5.69 Å². The molecule has 8 nitrogen and oxygen atoms in total. The number of alkyl halides is 3. The van der Waals surface area contributed by atoms with Crippen LogP contribution in [0.3, 0.4) is 0 Å². The second kappa shape index (κ2) is 10.4. The molecule has 0 unspecified atom stereocenters. The normalized spacial score (nSPS) is 21.6. The number of ether oxygens (including phenoxy) is 1. The van der Waals surface area contributed by atoms with Crippen LogP contribution in [-0.2, 0) is 24.2 Å². The van der Waals surface area contributed by atoms with Crippen LogP contribution in [0.15, 0.2) is 4.42 Å². The first-order valence-electron chi connectivity index (χ1n) is 11.2. The van der Waals surface area contributed by atoms with Crippen LogP contribution < -0.4 is 10.1 Å². The van der Waals surface area contributed by atoms with Crippen molar-refractivity contribution in [2.75, 3.05) is 19.7 Å². The summed E-state index contributed by atoms with van der Waals surface area (Å²) in [5, 5.41) is 10.8. The SMILES string of the molecule is Cc1nnc(CC(=O)N[C@H]2CC[C@H](CCN3CCc4sc(OCC(F)(F)F)nc4C3)CC2)o1. The predicted molar refractivity (Wildman–Crippen MR) is 114 cm³/mol. The molecule has 3 heterocycles. The van der Waals surface area contributed by atoms with Crippen molar-refractivity contribution in [2.24, 2.45) is 5.92 Å². The summed E-state index contributed by atoms with van der Waals surface area (Å²) in [4.78, 5) is 19.8. The van der Waals surface area contributed by atoms with Crippen molar-refractivity contribution in [1.82, 2.24) is 25.4 Å². The fourth-order valence-electron chi connectivity index (χ4n) is 4.41. The Morgan fingerprint density at radius 2 is 2.06 bits per heavy atom. The number of fused-ring (bicyclic) bond motifs is 1. The summed E-state index contributed by atoms with van der Waals surface area (Å²) < 4.78 is 47.1. The first-order valence-corrected chi connectivity index (χ1v) is 12.0. The van der Waals surface area contributed by atoms with E-state index in [0.717, 1.165) is 62.2 Å². The molecule has 1 saturated carbocycles. The van der Waals surface area contributed by atoms with Crippen molar-refractivity contribution in [3.63, 3.8) is 0 Å². The van der Waals surface area contributed by atoms with E-state index in [4.69, 9.17) is 9.15 Å². The minimum absolute atomic E-state index is 0.0898. The number of halogens is 3. The van der Waals surface area contributed by atoms with Crippen molar-refractivity contribution in [3.05, 3.63) is 22.4 Å². The van der Waals surface area contributed by atoms with E-state index in [9.17, 15) is 18.0 Å². The Kier molecular flexibility index (Phi) is 7.52. The highest BCUT2D eigenvalue weighted by molar-refractivity contribution is 7.13. The highest BCUT2D eigenvalue weighted by Crippen LogP contribution is 2.32. The lowest BCUT2D eigenvalue weighted by Crippen LogP contribution is -2.39. The molecule has 0 bridgehead atoms. The number of amides is 1. The molecule has 1 amide bonds. The number of rotatable bonds is 8. The molecule has 12 heteroatoms. The number of thiazole rings is 1. The van der Waals surface area contributed by atoms with Crippen LogP contribution in [0, 0.1) is 12.8 Å².